The summed E-state index contributed by atoms with van der Waals surface area (Å²) >= 11 is 3.36. The minimum Gasteiger partial charge on any atom is -0.398 e. The van der Waals surface area contributed by atoms with E-state index in [1.807, 2.05) is 18.2 Å². The van der Waals surface area contributed by atoms with E-state index in [4.69, 9.17) is 5.73 Å². The quantitative estimate of drug-likeness (QED) is 0.743. The molecule has 1 fully saturated rings. The minimum atomic E-state index is -0.587. The zero-order valence-electron chi connectivity index (χ0n) is 7.26. The molecule has 2 rings (SSSR count). The summed E-state index contributed by atoms with van der Waals surface area (Å²) in [6, 6.07) is 5.64. The van der Waals surface area contributed by atoms with Crippen LogP contribution in [0.1, 0.15) is 24.8 Å². The molecule has 0 bridgehead atoms. The van der Waals surface area contributed by atoms with Crippen molar-refractivity contribution in [1.29, 1.82) is 0 Å². The summed E-state index contributed by atoms with van der Waals surface area (Å²) in [6.45, 7) is 0. The predicted molar refractivity (Wildman–Crippen MR) is 56.3 cm³/mol. The molecule has 3 heteroatoms. The zero-order chi connectivity index (χ0) is 9.47. The summed E-state index contributed by atoms with van der Waals surface area (Å²) in [6.07, 6.45) is 2.84. The molecule has 0 atom stereocenters. The van der Waals surface area contributed by atoms with E-state index >= 15 is 0 Å². The molecule has 0 heterocycles. The molecule has 1 aliphatic rings. The molecule has 0 amide bonds. The molecule has 1 aromatic rings. The van der Waals surface area contributed by atoms with E-state index in [-0.39, 0.29) is 0 Å². The molecule has 0 unspecified atom stereocenters. The molecule has 2 nitrogen and oxygen atoms in total. The van der Waals surface area contributed by atoms with Gasteiger partial charge < -0.3 is 10.8 Å². The van der Waals surface area contributed by atoms with Gasteiger partial charge in [-0.1, -0.05) is 6.07 Å². The fourth-order valence-electron chi connectivity index (χ4n) is 1.62. The number of benzene rings is 1. The van der Waals surface area contributed by atoms with Crippen LogP contribution < -0.4 is 5.73 Å². The van der Waals surface area contributed by atoms with Crippen LogP contribution >= 0.6 is 15.9 Å². The first kappa shape index (κ1) is 9.03. The van der Waals surface area contributed by atoms with Gasteiger partial charge in [-0.15, -0.1) is 0 Å². The SMILES string of the molecule is Nc1ccc(C2(O)CCC2)cc1Br. The first-order valence-corrected chi connectivity index (χ1v) is 5.19. The number of nitrogens with two attached hydrogens (primary N) is 1. The number of hydrogen-bond donors (Lipinski definition) is 2. The van der Waals surface area contributed by atoms with Crippen molar-refractivity contribution in [3.05, 3.63) is 28.2 Å². The normalized spacial score (nSPS) is 19.5. The number of hydrogen-bond acceptors (Lipinski definition) is 2. The van der Waals surface area contributed by atoms with Gasteiger partial charge >= 0.3 is 0 Å². The molecule has 13 heavy (non-hydrogen) atoms. The average molecular weight is 242 g/mol. The van der Waals surface area contributed by atoms with Crippen LogP contribution in [0.2, 0.25) is 0 Å². The Bertz CT molecular complexity index is 334. The lowest BCUT2D eigenvalue weighted by molar-refractivity contribution is -0.0388. The number of aliphatic hydroxyl groups is 1. The Hall–Kier alpha value is -0.540. The first-order valence-electron chi connectivity index (χ1n) is 4.40. The second kappa shape index (κ2) is 3.00. The Balaban J connectivity index is 2.36. The monoisotopic (exact) mass is 241 g/mol. The molecular weight excluding hydrogens is 230 g/mol. The van der Waals surface area contributed by atoms with Crippen molar-refractivity contribution >= 4 is 21.6 Å². The molecule has 0 aromatic heterocycles. The smallest absolute Gasteiger partial charge is 0.0897 e. The van der Waals surface area contributed by atoms with Crippen LogP contribution in [0.5, 0.6) is 0 Å². The van der Waals surface area contributed by atoms with Gasteiger partial charge in [0.25, 0.3) is 0 Å². The van der Waals surface area contributed by atoms with Gasteiger partial charge in [-0.3, -0.25) is 0 Å². The maximum Gasteiger partial charge on any atom is 0.0897 e. The molecule has 1 saturated carbocycles. The summed E-state index contributed by atoms with van der Waals surface area (Å²) < 4.78 is 0.866. The Morgan fingerprint density at radius 1 is 1.38 bits per heavy atom. The van der Waals surface area contributed by atoms with Crippen molar-refractivity contribution in [2.75, 3.05) is 5.73 Å². The molecule has 1 aliphatic carbocycles. The molecule has 0 spiro atoms. The predicted octanol–water partition coefficient (Wildman–Crippen LogP) is 2.40. The van der Waals surface area contributed by atoms with Gasteiger partial charge in [-0.2, -0.15) is 0 Å². The summed E-state index contributed by atoms with van der Waals surface area (Å²) in [5.74, 6) is 0. The zero-order valence-corrected chi connectivity index (χ0v) is 8.84. The van der Waals surface area contributed by atoms with Gasteiger partial charge in [-0.05, 0) is 52.9 Å². The van der Waals surface area contributed by atoms with Crippen molar-refractivity contribution < 1.29 is 5.11 Å². The highest BCUT2D eigenvalue weighted by Crippen LogP contribution is 2.42. The van der Waals surface area contributed by atoms with Crippen LogP contribution in [0.25, 0.3) is 0 Å². The van der Waals surface area contributed by atoms with Crippen molar-refractivity contribution in [3.8, 4) is 0 Å². The Morgan fingerprint density at radius 2 is 2.08 bits per heavy atom. The van der Waals surface area contributed by atoms with Crippen LogP contribution in [0.4, 0.5) is 5.69 Å². The van der Waals surface area contributed by atoms with Gasteiger partial charge in [-0.25, -0.2) is 0 Å². The summed E-state index contributed by atoms with van der Waals surface area (Å²) in [7, 11) is 0. The third kappa shape index (κ3) is 1.46. The summed E-state index contributed by atoms with van der Waals surface area (Å²) in [4.78, 5) is 0. The third-order valence-corrected chi connectivity index (χ3v) is 3.41. The van der Waals surface area contributed by atoms with Gasteiger partial charge in [0.15, 0.2) is 0 Å². The highest BCUT2D eigenvalue weighted by molar-refractivity contribution is 9.10. The van der Waals surface area contributed by atoms with Gasteiger partial charge in [0.2, 0.25) is 0 Å². The van der Waals surface area contributed by atoms with E-state index in [9.17, 15) is 5.11 Å². The van der Waals surface area contributed by atoms with Crippen LogP contribution in [0, 0.1) is 0 Å². The van der Waals surface area contributed by atoms with Crippen LogP contribution in [-0.2, 0) is 5.60 Å². The maximum atomic E-state index is 10.0. The molecule has 70 valence electrons. The standard InChI is InChI=1S/C10H12BrNO/c11-8-6-7(2-3-9(8)12)10(13)4-1-5-10/h2-3,6,13H,1,4-5,12H2. The molecule has 0 radical (unpaired) electrons. The molecule has 1 aromatic carbocycles. The fraction of sp³-hybridized carbons (Fsp3) is 0.400. The van der Waals surface area contributed by atoms with E-state index in [0.29, 0.717) is 5.69 Å². The second-order valence-corrected chi connectivity index (χ2v) is 4.48. The minimum absolute atomic E-state index is 0.587. The number of anilines is 1. The fourth-order valence-corrected chi connectivity index (χ4v) is 2.00. The average Bonchev–Trinajstić information content (AvgIpc) is 2.06. The van der Waals surface area contributed by atoms with Crippen molar-refractivity contribution in [2.45, 2.75) is 24.9 Å². The maximum absolute atomic E-state index is 10.0. The van der Waals surface area contributed by atoms with E-state index in [1.54, 1.807) is 0 Å². The van der Waals surface area contributed by atoms with Gasteiger partial charge in [0.05, 0.1) is 5.60 Å². The third-order valence-electron chi connectivity index (χ3n) is 2.72. The van der Waals surface area contributed by atoms with E-state index < -0.39 is 5.60 Å². The summed E-state index contributed by atoms with van der Waals surface area (Å²) in [5.41, 5.74) is 6.76. The van der Waals surface area contributed by atoms with Crippen molar-refractivity contribution in [1.82, 2.24) is 0 Å². The lowest BCUT2D eigenvalue weighted by Crippen LogP contribution is -2.33. The Kier molecular flexibility index (Phi) is 2.08. The van der Waals surface area contributed by atoms with E-state index in [2.05, 4.69) is 15.9 Å². The van der Waals surface area contributed by atoms with Gasteiger partial charge in [0, 0.05) is 10.2 Å². The van der Waals surface area contributed by atoms with E-state index in [1.165, 1.54) is 0 Å². The molecule has 0 saturated heterocycles. The lowest BCUT2D eigenvalue weighted by Gasteiger charge is -2.37. The largest absolute Gasteiger partial charge is 0.398 e. The topological polar surface area (TPSA) is 46.2 Å². The molecule has 3 N–H and O–H groups in total. The van der Waals surface area contributed by atoms with Crippen molar-refractivity contribution in [3.63, 3.8) is 0 Å². The first-order chi connectivity index (χ1) is 6.12. The Labute approximate surface area is 85.9 Å². The second-order valence-electron chi connectivity index (χ2n) is 3.62. The van der Waals surface area contributed by atoms with Crippen LogP contribution in [0.3, 0.4) is 0 Å². The number of halogens is 1. The van der Waals surface area contributed by atoms with E-state index in [0.717, 1.165) is 29.3 Å². The van der Waals surface area contributed by atoms with Crippen LogP contribution in [-0.4, -0.2) is 5.11 Å². The highest BCUT2D eigenvalue weighted by atomic mass is 79.9. The summed E-state index contributed by atoms with van der Waals surface area (Å²) in [5, 5.41) is 10.0. The lowest BCUT2D eigenvalue weighted by atomic mass is 9.75. The van der Waals surface area contributed by atoms with Gasteiger partial charge in [0.1, 0.15) is 0 Å². The Morgan fingerprint density at radius 3 is 2.54 bits per heavy atom. The molecule has 0 aliphatic heterocycles. The highest BCUT2D eigenvalue weighted by Gasteiger charge is 2.36. The number of rotatable bonds is 1. The van der Waals surface area contributed by atoms with Crippen molar-refractivity contribution in [2.24, 2.45) is 0 Å². The number of nitrogen functional groups attached to an aromatic ring is 1. The molecular formula is C10H12BrNO. The van der Waals surface area contributed by atoms with Crippen LogP contribution in [0.15, 0.2) is 22.7 Å².